The summed E-state index contributed by atoms with van der Waals surface area (Å²) in [4.78, 5) is 5.10. The van der Waals surface area contributed by atoms with Crippen LogP contribution in [0.2, 0.25) is 0 Å². The number of methoxy groups -OCH3 is 1. The average molecular weight is 258 g/mol. The molecular formula is C14H14N2OS. The third-order valence-corrected chi connectivity index (χ3v) is 3.74. The number of aryl methyl sites for hydroxylation is 1. The molecule has 4 heteroatoms. The molecule has 0 amide bonds. The van der Waals surface area contributed by atoms with Crippen molar-refractivity contribution in [3.05, 3.63) is 40.4 Å². The first-order chi connectivity index (χ1) is 8.78. The van der Waals surface area contributed by atoms with Gasteiger partial charge >= 0.3 is 0 Å². The van der Waals surface area contributed by atoms with E-state index >= 15 is 0 Å². The molecule has 0 N–H and O–H groups in total. The third kappa shape index (κ3) is 2.58. The van der Waals surface area contributed by atoms with Crippen LogP contribution in [0.1, 0.15) is 23.1 Å². The average Bonchev–Trinajstić information content (AvgIpc) is 2.82. The fourth-order valence-electron chi connectivity index (χ4n) is 1.68. The summed E-state index contributed by atoms with van der Waals surface area (Å²) in [5.41, 5.74) is 3.07. The van der Waals surface area contributed by atoms with Crippen LogP contribution in [0.5, 0.6) is 0 Å². The van der Waals surface area contributed by atoms with Gasteiger partial charge in [0.05, 0.1) is 12.3 Å². The number of rotatable bonds is 4. The van der Waals surface area contributed by atoms with Gasteiger partial charge in [0.25, 0.3) is 0 Å². The lowest BCUT2D eigenvalue weighted by Crippen LogP contribution is -1.90. The minimum absolute atomic E-state index is 0.381. The number of hydrogen-bond donors (Lipinski definition) is 0. The molecule has 0 atom stereocenters. The molecule has 0 radical (unpaired) electrons. The summed E-state index contributed by atoms with van der Waals surface area (Å²) >= 11 is 1.41. The molecule has 18 heavy (non-hydrogen) atoms. The van der Waals surface area contributed by atoms with Crippen LogP contribution in [0.4, 0.5) is 0 Å². The van der Waals surface area contributed by atoms with Gasteiger partial charge in [0.15, 0.2) is 0 Å². The first-order valence-corrected chi connectivity index (χ1v) is 6.58. The van der Waals surface area contributed by atoms with Crippen molar-refractivity contribution in [1.82, 2.24) is 4.98 Å². The number of ether oxygens (including phenoxy) is 1. The molecule has 1 heterocycles. The summed E-state index contributed by atoms with van der Waals surface area (Å²) in [6, 6.07) is 10.5. The Morgan fingerprint density at radius 2 is 2.06 bits per heavy atom. The Kier molecular flexibility index (Phi) is 4.08. The van der Waals surface area contributed by atoms with Gasteiger partial charge in [0.1, 0.15) is 16.0 Å². The van der Waals surface area contributed by atoms with E-state index < -0.39 is 0 Å². The quantitative estimate of drug-likeness (QED) is 0.844. The summed E-state index contributed by atoms with van der Waals surface area (Å²) < 4.78 is 5.05. The summed E-state index contributed by atoms with van der Waals surface area (Å²) in [5.74, 6) is 0. The van der Waals surface area contributed by atoms with Crippen molar-refractivity contribution in [1.29, 1.82) is 5.26 Å². The topological polar surface area (TPSA) is 45.9 Å². The van der Waals surface area contributed by atoms with E-state index in [1.54, 1.807) is 7.11 Å². The number of nitrogens with zero attached hydrogens (tertiary/aromatic N) is 2. The van der Waals surface area contributed by atoms with Crippen LogP contribution in [-0.4, -0.2) is 12.1 Å². The van der Waals surface area contributed by atoms with Gasteiger partial charge in [-0.25, -0.2) is 4.98 Å². The van der Waals surface area contributed by atoms with Crippen LogP contribution in [0, 0.1) is 11.3 Å². The second kappa shape index (κ2) is 5.76. The van der Waals surface area contributed by atoms with Crippen molar-refractivity contribution in [3.63, 3.8) is 0 Å². The Bertz CT molecular complexity index is 566. The Morgan fingerprint density at radius 3 is 2.61 bits per heavy atom. The van der Waals surface area contributed by atoms with E-state index in [4.69, 9.17) is 10.00 Å². The molecule has 0 spiro atoms. The summed E-state index contributed by atoms with van der Waals surface area (Å²) in [6.45, 7) is 2.51. The van der Waals surface area contributed by atoms with Gasteiger partial charge in [-0.3, -0.25) is 0 Å². The zero-order valence-electron chi connectivity index (χ0n) is 10.4. The monoisotopic (exact) mass is 258 g/mol. The smallest absolute Gasteiger partial charge is 0.130 e. The summed E-state index contributed by atoms with van der Waals surface area (Å²) in [7, 11) is 1.61. The fourth-order valence-corrected chi connectivity index (χ4v) is 2.55. The van der Waals surface area contributed by atoms with E-state index in [1.165, 1.54) is 16.9 Å². The molecule has 0 unspecified atom stereocenters. The zero-order valence-corrected chi connectivity index (χ0v) is 11.3. The van der Waals surface area contributed by atoms with Gasteiger partial charge in [0.2, 0.25) is 0 Å². The second-order valence-corrected chi connectivity index (χ2v) is 4.89. The van der Waals surface area contributed by atoms with E-state index in [-0.39, 0.29) is 0 Å². The lowest BCUT2D eigenvalue weighted by Gasteiger charge is -1.98. The summed E-state index contributed by atoms with van der Waals surface area (Å²) in [6.07, 6.45) is 1.02. The van der Waals surface area contributed by atoms with E-state index in [0.717, 1.165) is 22.7 Å². The maximum absolute atomic E-state index is 9.05. The van der Waals surface area contributed by atoms with Crippen LogP contribution in [-0.2, 0) is 17.8 Å². The van der Waals surface area contributed by atoms with Crippen LogP contribution in [0.3, 0.4) is 0 Å². The molecule has 1 aromatic carbocycles. The maximum atomic E-state index is 9.05. The van der Waals surface area contributed by atoms with Crippen molar-refractivity contribution in [2.75, 3.05) is 7.11 Å². The molecule has 0 bridgehead atoms. The third-order valence-electron chi connectivity index (χ3n) is 2.69. The van der Waals surface area contributed by atoms with Gasteiger partial charge in [-0.1, -0.05) is 31.2 Å². The zero-order chi connectivity index (χ0) is 13.0. The van der Waals surface area contributed by atoms with E-state index in [1.807, 2.05) is 0 Å². The number of benzene rings is 1. The van der Waals surface area contributed by atoms with Gasteiger partial charge in [-0.15, -0.1) is 11.3 Å². The lowest BCUT2D eigenvalue weighted by molar-refractivity contribution is 0.182. The van der Waals surface area contributed by atoms with Crippen molar-refractivity contribution in [2.24, 2.45) is 0 Å². The predicted molar refractivity (Wildman–Crippen MR) is 72.4 cm³/mol. The molecule has 1 aromatic heterocycles. The fraction of sp³-hybridized carbons (Fsp3) is 0.286. The molecule has 0 saturated carbocycles. The van der Waals surface area contributed by atoms with Crippen molar-refractivity contribution < 1.29 is 4.74 Å². The number of nitriles is 1. The molecule has 0 aliphatic carbocycles. The molecule has 0 fully saturated rings. The lowest BCUT2D eigenvalue weighted by atomic mass is 10.1. The van der Waals surface area contributed by atoms with E-state index in [9.17, 15) is 0 Å². The Labute approximate surface area is 111 Å². The Hall–Kier alpha value is -1.70. The highest BCUT2D eigenvalue weighted by Crippen LogP contribution is 2.28. The number of thiazole rings is 1. The molecule has 0 aliphatic rings. The van der Waals surface area contributed by atoms with Crippen LogP contribution in [0.25, 0.3) is 10.6 Å². The highest BCUT2D eigenvalue weighted by atomic mass is 32.1. The van der Waals surface area contributed by atoms with E-state index in [2.05, 4.69) is 42.2 Å². The second-order valence-electron chi connectivity index (χ2n) is 3.89. The molecule has 0 aliphatic heterocycles. The minimum atomic E-state index is 0.381. The highest BCUT2D eigenvalue weighted by Gasteiger charge is 2.11. The van der Waals surface area contributed by atoms with Crippen molar-refractivity contribution >= 4 is 11.3 Å². The van der Waals surface area contributed by atoms with Crippen molar-refractivity contribution in [2.45, 2.75) is 20.0 Å². The van der Waals surface area contributed by atoms with Gasteiger partial charge in [-0.2, -0.15) is 5.26 Å². The highest BCUT2D eigenvalue weighted by molar-refractivity contribution is 7.15. The first-order valence-electron chi connectivity index (χ1n) is 5.76. The molecule has 92 valence electrons. The first kappa shape index (κ1) is 12.7. The van der Waals surface area contributed by atoms with Gasteiger partial charge in [0, 0.05) is 12.7 Å². The largest absolute Gasteiger partial charge is 0.378 e. The summed E-state index contributed by atoms with van der Waals surface area (Å²) in [5, 5.41) is 9.93. The van der Waals surface area contributed by atoms with Crippen LogP contribution >= 0.6 is 11.3 Å². The molecule has 2 rings (SSSR count). The Balaban J connectivity index is 2.35. The predicted octanol–water partition coefficient (Wildman–Crippen LogP) is 3.39. The molecule has 2 aromatic rings. The van der Waals surface area contributed by atoms with Crippen LogP contribution in [0.15, 0.2) is 24.3 Å². The van der Waals surface area contributed by atoms with Crippen LogP contribution < -0.4 is 0 Å². The molecule has 3 nitrogen and oxygen atoms in total. The van der Waals surface area contributed by atoms with E-state index in [0.29, 0.717) is 11.5 Å². The van der Waals surface area contributed by atoms with Crippen molar-refractivity contribution in [3.8, 4) is 16.6 Å². The Morgan fingerprint density at radius 1 is 1.33 bits per heavy atom. The number of hydrogen-bond acceptors (Lipinski definition) is 4. The molecular weight excluding hydrogens is 244 g/mol. The molecule has 0 saturated heterocycles. The van der Waals surface area contributed by atoms with Gasteiger partial charge in [-0.05, 0) is 12.0 Å². The number of aromatic nitrogens is 1. The minimum Gasteiger partial charge on any atom is -0.378 e. The standard InChI is InChI=1S/C14H14N2OS/c1-3-10-4-6-11(7-5-10)14-16-12(9-17-2)13(8-15)18-14/h4-7H,3,9H2,1-2H3. The maximum Gasteiger partial charge on any atom is 0.130 e. The SMILES string of the molecule is CCc1ccc(-c2nc(COC)c(C#N)s2)cc1. The van der Waals surface area contributed by atoms with Gasteiger partial charge < -0.3 is 4.74 Å². The normalized spacial score (nSPS) is 10.3.